The first-order valence-electron chi connectivity index (χ1n) is 6.45. The number of hydrogen-bond donors (Lipinski definition) is 1. The third kappa shape index (κ3) is 4.52. The quantitative estimate of drug-likeness (QED) is 0.798. The molecule has 1 aliphatic heterocycles. The van der Waals surface area contributed by atoms with E-state index >= 15 is 0 Å². The van der Waals surface area contributed by atoms with E-state index in [2.05, 4.69) is 33.0 Å². The van der Waals surface area contributed by atoms with Crippen LogP contribution >= 0.6 is 0 Å². The Balaban J connectivity index is 2.28. The van der Waals surface area contributed by atoms with Crippen molar-refractivity contribution < 1.29 is 4.79 Å². The van der Waals surface area contributed by atoms with Crippen molar-refractivity contribution in [2.45, 2.75) is 52.5 Å². The van der Waals surface area contributed by atoms with E-state index in [0.717, 1.165) is 19.0 Å². The van der Waals surface area contributed by atoms with Crippen molar-refractivity contribution in [2.24, 2.45) is 5.92 Å². The Bertz CT molecular complexity index is 225. The average molecular weight is 226 g/mol. The zero-order valence-corrected chi connectivity index (χ0v) is 11.2. The third-order valence-corrected chi connectivity index (χ3v) is 3.31. The summed E-state index contributed by atoms with van der Waals surface area (Å²) < 4.78 is 0. The van der Waals surface area contributed by atoms with Gasteiger partial charge in [0.2, 0.25) is 5.91 Å². The molecule has 1 saturated heterocycles. The molecule has 0 spiro atoms. The van der Waals surface area contributed by atoms with Crippen LogP contribution in [0.1, 0.15) is 47.0 Å². The smallest absolute Gasteiger partial charge is 0.236 e. The van der Waals surface area contributed by atoms with Crippen LogP contribution in [0.5, 0.6) is 0 Å². The summed E-state index contributed by atoms with van der Waals surface area (Å²) in [4.78, 5) is 13.9. The van der Waals surface area contributed by atoms with Gasteiger partial charge in [-0.05, 0) is 39.5 Å². The van der Waals surface area contributed by atoms with Gasteiger partial charge in [0.25, 0.3) is 0 Å². The standard InChI is InChI=1S/C13H26N2O/c1-5-11-6-8-15(9-7-11)12(16)10-14-13(2,3)4/h11,14H,5-10H2,1-4H3. The van der Waals surface area contributed by atoms with Crippen LogP contribution in [0, 0.1) is 5.92 Å². The maximum absolute atomic E-state index is 11.9. The van der Waals surface area contributed by atoms with Crippen molar-refractivity contribution >= 4 is 5.91 Å². The number of piperidine rings is 1. The van der Waals surface area contributed by atoms with Gasteiger partial charge in [0, 0.05) is 18.6 Å². The van der Waals surface area contributed by atoms with Crippen molar-refractivity contribution in [1.29, 1.82) is 0 Å². The van der Waals surface area contributed by atoms with Crippen molar-refractivity contribution in [3.8, 4) is 0 Å². The Morgan fingerprint density at radius 3 is 2.31 bits per heavy atom. The Kier molecular flexibility index (Phi) is 4.78. The molecular weight excluding hydrogens is 200 g/mol. The van der Waals surface area contributed by atoms with Crippen LogP contribution in [-0.2, 0) is 4.79 Å². The van der Waals surface area contributed by atoms with Gasteiger partial charge in [0.1, 0.15) is 0 Å². The summed E-state index contributed by atoms with van der Waals surface area (Å²) in [6.07, 6.45) is 3.61. The molecule has 0 aliphatic carbocycles. The van der Waals surface area contributed by atoms with Gasteiger partial charge in [0.15, 0.2) is 0 Å². The number of rotatable bonds is 3. The molecule has 1 heterocycles. The molecule has 0 atom stereocenters. The zero-order chi connectivity index (χ0) is 12.2. The lowest BCUT2D eigenvalue weighted by Crippen LogP contribution is -2.47. The summed E-state index contributed by atoms with van der Waals surface area (Å²) in [5.74, 6) is 1.09. The van der Waals surface area contributed by atoms with Crippen molar-refractivity contribution in [3.63, 3.8) is 0 Å². The second kappa shape index (κ2) is 5.67. The lowest BCUT2D eigenvalue weighted by atomic mass is 9.94. The van der Waals surface area contributed by atoms with Crippen LogP contribution in [0.4, 0.5) is 0 Å². The molecule has 1 N–H and O–H groups in total. The minimum absolute atomic E-state index is 0.0252. The number of likely N-dealkylation sites (tertiary alicyclic amines) is 1. The van der Waals surface area contributed by atoms with Crippen LogP contribution in [0.3, 0.4) is 0 Å². The molecule has 94 valence electrons. The summed E-state index contributed by atoms with van der Waals surface area (Å²) in [5, 5.41) is 3.25. The summed E-state index contributed by atoms with van der Waals surface area (Å²) in [6, 6.07) is 0. The van der Waals surface area contributed by atoms with Crippen LogP contribution in [0.2, 0.25) is 0 Å². The highest BCUT2D eigenvalue weighted by Gasteiger charge is 2.22. The van der Waals surface area contributed by atoms with Crippen molar-refractivity contribution in [3.05, 3.63) is 0 Å². The molecular formula is C13H26N2O. The molecule has 1 amide bonds. The number of nitrogens with zero attached hydrogens (tertiary/aromatic N) is 1. The Labute approximate surface area is 99.6 Å². The van der Waals surface area contributed by atoms with Gasteiger partial charge in [-0.2, -0.15) is 0 Å². The van der Waals surface area contributed by atoms with E-state index in [4.69, 9.17) is 0 Å². The Hall–Kier alpha value is -0.570. The van der Waals surface area contributed by atoms with E-state index in [9.17, 15) is 4.79 Å². The zero-order valence-electron chi connectivity index (χ0n) is 11.2. The fraction of sp³-hybridized carbons (Fsp3) is 0.923. The van der Waals surface area contributed by atoms with Gasteiger partial charge in [0.05, 0.1) is 6.54 Å². The molecule has 0 aromatic heterocycles. The van der Waals surface area contributed by atoms with Gasteiger partial charge in [-0.3, -0.25) is 4.79 Å². The molecule has 0 radical (unpaired) electrons. The maximum atomic E-state index is 11.9. The van der Waals surface area contributed by atoms with E-state index in [1.807, 2.05) is 4.90 Å². The number of nitrogens with one attached hydrogen (secondary N) is 1. The van der Waals surface area contributed by atoms with Crippen molar-refractivity contribution in [1.82, 2.24) is 10.2 Å². The minimum Gasteiger partial charge on any atom is -0.342 e. The first-order chi connectivity index (χ1) is 7.42. The molecule has 3 nitrogen and oxygen atoms in total. The molecule has 1 rings (SSSR count). The molecule has 1 aliphatic rings. The number of carbonyl (C=O) groups is 1. The Morgan fingerprint density at radius 2 is 1.88 bits per heavy atom. The van der Waals surface area contributed by atoms with Gasteiger partial charge in [-0.15, -0.1) is 0 Å². The van der Waals surface area contributed by atoms with Crippen molar-refractivity contribution in [2.75, 3.05) is 19.6 Å². The lowest BCUT2D eigenvalue weighted by Gasteiger charge is -2.32. The van der Waals surface area contributed by atoms with Crippen LogP contribution in [0.25, 0.3) is 0 Å². The summed E-state index contributed by atoms with van der Waals surface area (Å²) in [5.41, 5.74) is 0.0252. The predicted octanol–water partition coefficient (Wildman–Crippen LogP) is 2.02. The fourth-order valence-corrected chi connectivity index (χ4v) is 2.04. The molecule has 0 saturated carbocycles. The number of amides is 1. The normalized spacial score (nSPS) is 18.9. The van der Waals surface area contributed by atoms with Crippen LogP contribution < -0.4 is 5.32 Å². The largest absolute Gasteiger partial charge is 0.342 e. The average Bonchev–Trinajstić information content (AvgIpc) is 2.25. The van der Waals surface area contributed by atoms with Crippen LogP contribution in [0.15, 0.2) is 0 Å². The third-order valence-electron chi connectivity index (χ3n) is 3.31. The molecule has 0 aromatic carbocycles. The molecule has 0 aromatic rings. The van der Waals surface area contributed by atoms with E-state index in [-0.39, 0.29) is 11.4 Å². The summed E-state index contributed by atoms with van der Waals surface area (Å²) >= 11 is 0. The van der Waals surface area contributed by atoms with Gasteiger partial charge in [-0.1, -0.05) is 13.3 Å². The van der Waals surface area contributed by atoms with E-state index < -0.39 is 0 Å². The maximum Gasteiger partial charge on any atom is 0.236 e. The molecule has 0 unspecified atom stereocenters. The number of carbonyl (C=O) groups excluding carboxylic acids is 1. The first kappa shape index (κ1) is 13.5. The summed E-state index contributed by atoms with van der Waals surface area (Å²) in [6.45, 7) is 10.9. The fourth-order valence-electron chi connectivity index (χ4n) is 2.04. The second-order valence-electron chi connectivity index (χ2n) is 5.84. The van der Waals surface area contributed by atoms with Gasteiger partial charge >= 0.3 is 0 Å². The number of hydrogen-bond acceptors (Lipinski definition) is 2. The summed E-state index contributed by atoms with van der Waals surface area (Å²) in [7, 11) is 0. The highest BCUT2D eigenvalue weighted by atomic mass is 16.2. The molecule has 3 heteroatoms. The molecule has 0 bridgehead atoms. The van der Waals surface area contributed by atoms with E-state index in [0.29, 0.717) is 6.54 Å². The molecule has 1 fully saturated rings. The van der Waals surface area contributed by atoms with Crippen LogP contribution in [-0.4, -0.2) is 36.0 Å². The highest BCUT2D eigenvalue weighted by Crippen LogP contribution is 2.19. The monoisotopic (exact) mass is 226 g/mol. The minimum atomic E-state index is 0.0252. The second-order valence-corrected chi connectivity index (χ2v) is 5.84. The lowest BCUT2D eigenvalue weighted by molar-refractivity contribution is -0.131. The van der Waals surface area contributed by atoms with E-state index in [1.54, 1.807) is 0 Å². The Morgan fingerprint density at radius 1 is 1.31 bits per heavy atom. The van der Waals surface area contributed by atoms with Gasteiger partial charge in [-0.25, -0.2) is 0 Å². The van der Waals surface area contributed by atoms with E-state index in [1.165, 1.54) is 19.3 Å². The topological polar surface area (TPSA) is 32.3 Å². The molecule has 16 heavy (non-hydrogen) atoms. The van der Waals surface area contributed by atoms with Gasteiger partial charge < -0.3 is 10.2 Å². The highest BCUT2D eigenvalue weighted by molar-refractivity contribution is 5.78. The SMILES string of the molecule is CCC1CCN(C(=O)CNC(C)(C)C)CC1. The first-order valence-corrected chi connectivity index (χ1v) is 6.45. The predicted molar refractivity (Wildman–Crippen MR) is 67.4 cm³/mol.